The molecule has 1 aliphatic rings. The van der Waals surface area contributed by atoms with Crippen LogP contribution < -0.4 is 5.32 Å². The van der Waals surface area contributed by atoms with E-state index < -0.39 is 21.0 Å². The molecule has 0 aromatic heterocycles. The number of rotatable bonds is 4. The van der Waals surface area contributed by atoms with Crippen molar-refractivity contribution in [3.63, 3.8) is 0 Å². The first-order valence-corrected chi connectivity index (χ1v) is 8.29. The van der Waals surface area contributed by atoms with Gasteiger partial charge in [0, 0.05) is 6.04 Å². The largest absolute Gasteiger partial charge is 0.508 e. The number of amides is 1. The summed E-state index contributed by atoms with van der Waals surface area (Å²) in [5.41, 5.74) is 0. The van der Waals surface area contributed by atoms with Crippen molar-refractivity contribution in [3.05, 3.63) is 24.3 Å². The zero-order valence-electron chi connectivity index (χ0n) is 11.4. The molecule has 0 unspecified atom stereocenters. The van der Waals surface area contributed by atoms with Crippen molar-refractivity contribution in [2.24, 2.45) is 0 Å². The predicted molar refractivity (Wildman–Crippen MR) is 75.2 cm³/mol. The molecule has 2 N–H and O–H groups in total. The van der Waals surface area contributed by atoms with Crippen molar-refractivity contribution in [3.8, 4) is 5.75 Å². The Morgan fingerprint density at radius 2 is 1.80 bits per heavy atom. The Hall–Kier alpha value is -1.56. The number of hydrogen-bond acceptors (Lipinski definition) is 4. The van der Waals surface area contributed by atoms with Crippen molar-refractivity contribution in [1.82, 2.24) is 5.32 Å². The molecular weight excluding hydrogens is 278 g/mol. The van der Waals surface area contributed by atoms with Gasteiger partial charge in [0.1, 0.15) is 11.0 Å². The van der Waals surface area contributed by atoms with Gasteiger partial charge in [0.05, 0.1) is 4.90 Å². The molecule has 1 aromatic carbocycles. The van der Waals surface area contributed by atoms with Gasteiger partial charge >= 0.3 is 0 Å². The molecule has 1 aromatic rings. The molecule has 0 saturated heterocycles. The van der Waals surface area contributed by atoms with E-state index in [-0.39, 0.29) is 16.7 Å². The number of hydrogen-bond donors (Lipinski definition) is 2. The molecule has 1 saturated carbocycles. The van der Waals surface area contributed by atoms with E-state index in [0.717, 1.165) is 25.7 Å². The van der Waals surface area contributed by atoms with Crippen LogP contribution in [0.5, 0.6) is 5.75 Å². The molecule has 2 rings (SSSR count). The SMILES string of the molecule is C[C@H](C(=O)NC1CCCC1)S(=O)(=O)c1ccc(O)cc1. The number of sulfone groups is 1. The Balaban J connectivity index is 2.11. The van der Waals surface area contributed by atoms with Crippen LogP contribution in [-0.4, -0.2) is 30.7 Å². The molecule has 1 aliphatic carbocycles. The molecule has 110 valence electrons. The normalized spacial score (nSPS) is 17.9. The number of nitrogens with one attached hydrogen (secondary N) is 1. The van der Waals surface area contributed by atoms with Gasteiger partial charge in [-0.15, -0.1) is 0 Å². The number of carbonyl (C=O) groups excluding carboxylic acids is 1. The van der Waals surface area contributed by atoms with Crippen molar-refractivity contribution in [2.45, 2.75) is 48.8 Å². The summed E-state index contributed by atoms with van der Waals surface area (Å²) in [6, 6.07) is 5.32. The third kappa shape index (κ3) is 3.12. The lowest BCUT2D eigenvalue weighted by molar-refractivity contribution is -0.121. The van der Waals surface area contributed by atoms with E-state index in [0.29, 0.717) is 0 Å². The summed E-state index contributed by atoms with van der Waals surface area (Å²) in [7, 11) is -3.72. The van der Waals surface area contributed by atoms with Gasteiger partial charge < -0.3 is 10.4 Å². The highest BCUT2D eigenvalue weighted by molar-refractivity contribution is 7.92. The van der Waals surface area contributed by atoms with Crippen LogP contribution in [0.3, 0.4) is 0 Å². The lowest BCUT2D eigenvalue weighted by Crippen LogP contribution is -2.42. The molecule has 20 heavy (non-hydrogen) atoms. The molecule has 5 nitrogen and oxygen atoms in total. The van der Waals surface area contributed by atoms with Gasteiger partial charge in [0.25, 0.3) is 0 Å². The van der Waals surface area contributed by atoms with Crippen LogP contribution in [0.15, 0.2) is 29.2 Å². The summed E-state index contributed by atoms with van der Waals surface area (Å²) in [6.45, 7) is 1.40. The summed E-state index contributed by atoms with van der Waals surface area (Å²) >= 11 is 0. The van der Waals surface area contributed by atoms with Crippen LogP contribution in [0.4, 0.5) is 0 Å². The fourth-order valence-corrected chi connectivity index (χ4v) is 3.64. The molecule has 1 amide bonds. The third-order valence-electron chi connectivity index (χ3n) is 3.70. The molecule has 0 aliphatic heterocycles. The summed E-state index contributed by atoms with van der Waals surface area (Å²) in [6.07, 6.45) is 3.98. The Kier molecular flexibility index (Phi) is 4.32. The summed E-state index contributed by atoms with van der Waals surface area (Å²) < 4.78 is 24.6. The summed E-state index contributed by atoms with van der Waals surface area (Å²) in [5.74, 6) is -0.461. The van der Waals surface area contributed by atoms with Gasteiger partial charge in [0.2, 0.25) is 5.91 Å². The molecule has 0 radical (unpaired) electrons. The van der Waals surface area contributed by atoms with Crippen molar-refractivity contribution in [2.75, 3.05) is 0 Å². The van der Waals surface area contributed by atoms with Gasteiger partial charge in [-0.1, -0.05) is 12.8 Å². The first-order valence-electron chi connectivity index (χ1n) is 6.74. The van der Waals surface area contributed by atoms with E-state index in [9.17, 15) is 18.3 Å². The zero-order valence-corrected chi connectivity index (χ0v) is 12.2. The molecular formula is C14H19NO4S. The average Bonchev–Trinajstić information content (AvgIpc) is 2.91. The summed E-state index contributed by atoms with van der Waals surface area (Å²) in [4.78, 5) is 12.1. The quantitative estimate of drug-likeness (QED) is 0.884. The van der Waals surface area contributed by atoms with Gasteiger partial charge in [0.15, 0.2) is 9.84 Å². The highest BCUT2D eigenvalue weighted by Gasteiger charge is 2.31. The Bertz CT molecular complexity index is 574. The van der Waals surface area contributed by atoms with Gasteiger partial charge in [-0.25, -0.2) is 8.42 Å². The maximum Gasteiger partial charge on any atom is 0.238 e. The number of phenols is 1. The number of benzene rings is 1. The second kappa shape index (κ2) is 5.83. The number of phenolic OH excluding ortho intramolecular Hbond substituents is 1. The molecule has 0 heterocycles. The second-order valence-electron chi connectivity index (χ2n) is 5.17. The minimum atomic E-state index is -3.72. The van der Waals surface area contributed by atoms with Crippen LogP contribution >= 0.6 is 0 Å². The van der Waals surface area contributed by atoms with Crippen molar-refractivity contribution in [1.29, 1.82) is 0 Å². The first kappa shape index (κ1) is 14.8. The molecule has 6 heteroatoms. The Morgan fingerprint density at radius 3 is 2.35 bits per heavy atom. The van der Waals surface area contributed by atoms with Crippen LogP contribution in [0.25, 0.3) is 0 Å². The first-order chi connectivity index (χ1) is 9.41. The predicted octanol–water partition coefficient (Wildman–Crippen LogP) is 1.61. The minimum Gasteiger partial charge on any atom is -0.508 e. The van der Waals surface area contributed by atoms with Crippen molar-refractivity contribution >= 4 is 15.7 Å². The van der Waals surface area contributed by atoms with Crippen LogP contribution in [0.1, 0.15) is 32.6 Å². The van der Waals surface area contributed by atoms with Crippen LogP contribution in [0, 0.1) is 0 Å². The maximum atomic E-state index is 12.3. The maximum absolute atomic E-state index is 12.3. The molecule has 1 atom stereocenters. The third-order valence-corrected chi connectivity index (χ3v) is 5.78. The van der Waals surface area contributed by atoms with Crippen molar-refractivity contribution < 1.29 is 18.3 Å². The van der Waals surface area contributed by atoms with E-state index in [1.807, 2.05) is 0 Å². The lowest BCUT2D eigenvalue weighted by atomic mass is 10.2. The van der Waals surface area contributed by atoms with Gasteiger partial charge in [-0.3, -0.25) is 4.79 Å². The summed E-state index contributed by atoms with van der Waals surface area (Å²) in [5, 5.41) is 10.9. The monoisotopic (exact) mass is 297 g/mol. The van der Waals surface area contributed by atoms with Crippen LogP contribution in [0.2, 0.25) is 0 Å². The fraction of sp³-hybridized carbons (Fsp3) is 0.500. The standard InChI is InChI=1S/C14H19NO4S/c1-10(14(17)15-11-4-2-3-5-11)20(18,19)13-8-6-12(16)7-9-13/h6-11,16H,2-5H2,1H3,(H,15,17)/t10-/m1/s1. The van der Waals surface area contributed by atoms with E-state index in [4.69, 9.17) is 0 Å². The Labute approximate surface area is 118 Å². The topological polar surface area (TPSA) is 83.5 Å². The molecule has 1 fully saturated rings. The zero-order chi connectivity index (χ0) is 14.8. The van der Waals surface area contributed by atoms with Gasteiger partial charge in [-0.05, 0) is 44.0 Å². The van der Waals surface area contributed by atoms with Gasteiger partial charge in [-0.2, -0.15) is 0 Å². The van der Waals surface area contributed by atoms with E-state index >= 15 is 0 Å². The second-order valence-corrected chi connectivity index (χ2v) is 7.44. The molecule has 0 bridgehead atoms. The Morgan fingerprint density at radius 1 is 1.25 bits per heavy atom. The lowest BCUT2D eigenvalue weighted by Gasteiger charge is -2.17. The molecule has 0 spiro atoms. The van der Waals surface area contributed by atoms with Crippen LogP contribution in [-0.2, 0) is 14.6 Å². The van der Waals surface area contributed by atoms with E-state index in [1.165, 1.54) is 31.2 Å². The average molecular weight is 297 g/mol. The highest BCUT2D eigenvalue weighted by atomic mass is 32.2. The minimum absolute atomic E-state index is 0.00740. The van der Waals surface area contributed by atoms with E-state index in [1.54, 1.807) is 0 Å². The number of carbonyl (C=O) groups is 1. The highest BCUT2D eigenvalue weighted by Crippen LogP contribution is 2.21. The fourth-order valence-electron chi connectivity index (χ4n) is 2.37. The number of aromatic hydroxyl groups is 1. The van der Waals surface area contributed by atoms with E-state index in [2.05, 4.69) is 5.32 Å². The smallest absolute Gasteiger partial charge is 0.238 e.